The number of ether oxygens (including phenoxy) is 2. The molecule has 21 heavy (non-hydrogen) atoms. The summed E-state index contributed by atoms with van der Waals surface area (Å²) in [6.45, 7) is 0. The van der Waals surface area contributed by atoms with Crippen molar-refractivity contribution in [3.05, 3.63) is 39.4 Å². The van der Waals surface area contributed by atoms with Gasteiger partial charge in [-0.25, -0.2) is 9.59 Å². The van der Waals surface area contributed by atoms with Gasteiger partial charge >= 0.3 is 11.9 Å². The molecule has 0 aromatic heterocycles. The van der Waals surface area contributed by atoms with Gasteiger partial charge in [-0.05, 0) is 30.5 Å². The van der Waals surface area contributed by atoms with Crippen LogP contribution in [0.25, 0.3) is 6.08 Å². The molecule has 0 unspecified atom stereocenters. The molecule has 4 nitrogen and oxygen atoms in total. The van der Waals surface area contributed by atoms with Crippen LogP contribution in [0.5, 0.6) is 0 Å². The molecule has 6 heteroatoms. The van der Waals surface area contributed by atoms with Crippen molar-refractivity contribution in [2.24, 2.45) is 0 Å². The van der Waals surface area contributed by atoms with Gasteiger partial charge in [-0.15, -0.1) is 0 Å². The van der Waals surface area contributed by atoms with Crippen LogP contribution in [0.2, 0.25) is 10.0 Å². The molecule has 0 amide bonds. The van der Waals surface area contributed by atoms with Crippen molar-refractivity contribution in [3.8, 4) is 0 Å². The Bertz CT molecular complexity index is 623. The van der Waals surface area contributed by atoms with Crippen LogP contribution in [0, 0.1) is 0 Å². The summed E-state index contributed by atoms with van der Waals surface area (Å²) in [6, 6.07) is 4.96. The maximum atomic E-state index is 12.1. The number of benzene rings is 1. The lowest BCUT2D eigenvalue weighted by atomic mass is 10.1. The molecule has 1 spiro atoms. The zero-order chi connectivity index (χ0) is 15.0. The minimum atomic E-state index is -1.07. The van der Waals surface area contributed by atoms with Crippen LogP contribution in [-0.2, 0) is 19.1 Å². The third-order valence-corrected chi connectivity index (χ3v) is 4.48. The van der Waals surface area contributed by atoms with Crippen molar-refractivity contribution < 1.29 is 19.1 Å². The maximum Gasteiger partial charge on any atom is 0.348 e. The lowest BCUT2D eigenvalue weighted by Gasteiger charge is -2.32. The Morgan fingerprint density at radius 2 is 1.67 bits per heavy atom. The monoisotopic (exact) mass is 326 g/mol. The van der Waals surface area contributed by atoms with Crippen LogP contribution in [0.1, 0.15) is 31.2 Å². The molecule has 0 atom stereocenters. The largest absolute Gasteiger partial charge is 0.419 e. The molecule has 0 bridgehead atoms. The molecule has 1 aromatic carbocycles. The topological polar surface area (TPSA) is 52.6 Å². The van der Waals surface area contributed by atoms with E-state index in [0.29, 0.717) is 23.4 Å². The average Bonchev–Trinajstić information content (AvgIpc) is 2.86. The molecule has 1 aromatic rings. The van der Waals surface area contributed by atoms with Crippen molar-refractivity contribution in [3.63, 3.8) is 0 Å². The zero-order valence-electron chi connectivity index (χ0n) is 11.0. The Kier molecular flexibility index (Phi) is 3.68. The van der Waals surface area contributed by atoms with Crippen LogP contribution >= 0.6 is 23.2 Å². The van der Waals surface area contributed by atoms with Gasteiger partial charge in [0, 0.05) is 12.8 Å². The van der Waals surface area contributed by atoms with Gasteiger partial charge in [0.15, 0.2) is 0 Å². The van der Waals surface area contributed by atoms with Gasteiger partial charge < -0.3 is 9.47 Å². The van der Waals surface area contributed by atoms with Crippen molar-refractivity contribution in [2.75, 3.05) is 0 Å². The van der Waals surface area contributed by atoms with E-state index < -0.39 is 17.7 Å². The van der Waals surface area contributed by atoms with Gasteiger partial charge in [-0.2, -0.15) is 0 Å². The lowest BCUT2D eigenvalue weighted by molar-refractivity contribution is -0.232. The fourth-order valence-electron chi connectivity index (χ4n) is 2.58. The van der Waals surface area contributed by atoms with Crippen LogP contribution < -0.4 is 0 Å². The van der Waals surface area contributed by atoms with E-state index in [0.717, 1.165) is 12.8 Å². The highest BCUT2D eigenvalue weighted by Gasteiger charge is 2.47. The number of rotatable bonds is 1. The van der Waals surface area contributed by atoms with E-state index in [1.54, 1.807) is 18.2 Å². The fourth-order valence-corrected chi connectivity index (χ4v) is 2.94. The van der Waals surface area contributed by atoms with E-state index in [1.807, 2.05) is 0 Å². The third kappa shape index (κ3) is 2.65. The first-order valence-corrected chi connectivity index (χ1v) is 7.39. The summed E-state index contributed by atoms with van der Waals surface area (Å²) in [5.74, 6) is -2.42. The van der Waals surface area contributed by atoms with E-state index >= 15 is 0 Å². The summed E-state index contributed by atoms with van der Waals surface area (Å²) >= 11 is 12.0. The Morgan fingerprint density at radius 1 is 1.05 bits per heavy atom. The quantitative estimate of drug-likeness (QED) is 0.448. The number of carbonyl (C=O) groups is 2. The first-order chi connectivity index (χ1) is 10.0. The minimum absolute atomic E-state index is 0.170. The van der Waals surface area contributed by atoms with E-state index in [-0.39, 0.29) is 10.6 Å². The smallest absolute Gasteiger partial charge is 0.348 e. The highest BCUT2D eigenvalue weighted by Crippen LogP contribution is 2.39. The number of halogens is 2. The molecule has 1 saturated carbocycles. The zero-order valence-corrected chi connectivity index (χ0v) is 12.5. The average molecular weight is 327 g/mol. The predicted octanol–water partition coefficient (Wildman–Crippen LogP) is 3.75. The van der Waals surface area contributed by atoms with E-state index in [2.05, 4.69) is 0 Å². The first-order valence-electron chi connectivity index (χ1n) is 6.63. The molecule has 1 aliphatic heterocycles. The molecule has 1 heterocycles. The van der Waals surface area contributed by atoms with Crippen LogP contribution in [0.15, 0.2) is 23.8 Å². The number of esters is 2. The molecule has 0 N–H and O–H groups in total. The van der Waals surface area contributed by atoms with Crippen LogP contribution in [0.3, 0.4) is 0 Å². The Morgan fingerprint density at radius 3 is 2.29 bits per heavy atom. The second-order valence-electron chi connectivity index (χ2n) is 5.10. The van der Waals surface area contributed by atoms with Crippen molar-refractivity contribution >= 4 is 41.2 Å². The molecule has 1 aliphatic carbocycles. The lowest BCUT2D eigenvalue weighted by Crippen LogP contribution is -2.44. The maximum absolute atomic E-state index is 12.1. The van der Waals surface area contributed by atoms with Crippen molar-refractivity contribution in [1.82, 2.24) is 0 Å². The Balaban J connectivity index is 1.92. The minimum Gasteiger partial charge on any atom is -0.419 e. The summed E-state index contributed by atoms with van der Waals surface area (Å²) in [6.07, 6.45) is 4.20. The second kappa shape index (κ2) is 5.35. The molecular formula is C15H12Cl2O4. The third-order valence-electron chi connectivity index (χ3n) is 3.64. The normalized spacial score (nSPS) is 20.4. The number of carbonyl (C=O) groups excluding carboxylic acids is 2. The van der Waals surface area contributed by atoms with Crippen molar-refractivity contribution in [1.29, 1.82) is 0 Å². The Hall–Kier alpha value is -1.52. The van der Waals surface area contributed by atoms with E-state index in [1.165, 1.54) is 6.08 Å². The second-order valence-corrected chi connectivity index (χ2v) is 5.88. The SMILES string of the molecule is O=C1OC2(CCCC2)OC(=O)C1=Cc1cccc(Cl)c1Cl. The summed E-state index contributed by atoms with van der Waals surface area (Å²) in [5, 5.41) is 0.615. The highest BCUT2D eigenvalue weighted by atomic mass is 35.5. The van der Waals surface area contributed by atoms with Gasteiger partial charge in [0.05, 0.1) is 10.0 Å². The van der Waals surface area contributed by atoms with Gasteiger partial charge in [0.1, 0.15) is 5.57 Å². The molecule has 2 fully saturated rings. The Labute approximate surface area is 131 Å². The van der Waals surface area contributed by atoms with Gasteiger partial charge in [0.2, 0.25) is 0 Å². The van der Waals surface area contributed by atoms with Gasteiger partial charge in [-0.1, -0.05) is 35.3 Å². The van der Waals surface area contributed by atoms with Gasteiger partial charge in [0.25, 0.3) is 5.79 Å². The summed E-state index contributed by atoms with van der Waals surface area (Å²) in [4.78, 5) is 24.2. The standard InChI is InChI=1S/C15H12Cl2O4/c16-11-5-3-4-9(12(11)17)8-10-13(18)20-15(21-14(10)19)6-1-2-7-15/h3-5,8H,1-2,6-7H2. The number of hydrogen-bond donors (Lipinski definition) is 0. The van der Waals surface area contributed by atoms with Crippen LogP contribution in [0.4, 0.5) is 0 Å². The van der Waals surface area contributed by atoms with Crippen LogP contribution in [-0.4, -0.2) is 17.7 Å². The van der Waals surface area contributed by atoms with E-state index in [9.17, 15) is 9.59 Å². The molecule has 3 rings (SSSR count). The molecular weight excluding hydrogens is 315 g/mol. The number of hydrogen-bond acceptors (Lipinski definition) is 4. The molecule has 0 radical (unpaired) electrons. The summed E-state index contributed by atoms with van der Waals surface area (Å²) in [5.41, 5.74) is 0.298. The van der Waals surface area contributed by atoms with E-state index in [4.69, 9.17) is 32.7 Å². The van der Waals surface area contributed by atoms with Crippen molar-refractivity contribution in [2.45, 2.75) is 31.5 Å². The molecule has 2 aliphatic rings. The predicted molar refractivity (Wildman–Crippen MR) is 77.8 cm³/mol. The molecule has 1 saturated heterocycles. The van der Waals surface area contributed by atoms with Gasteiger partial charge in [-0.3, -0.25) is 0 Å². The summed E-state index contributed by atoms with van der Waals surface area (Å²) in [7, 11) is 0. The fraction of sp³-hybridized carbons (Fsp3) is 0.333. The first kappa shape index (κ1) is 14.4. The highest BCUT2D eigenvalue weighted by molar-refractivity contribution is 6.43. The molecule has 110 valence electrons. The summed E-state index contributed by atoms with van der Waals surface area (Å²) < 4.78 is 10.7.